The standard InChI is InChI=1S/C19H19FN4.C6H15N/c1-13(2)23-18-15(11-14-7-3-4-8-16(14)20)12-22-19(24-18)17-9-5-6-10-21-17;1-5(2)7-6(3)4/h3-10,12-13H,11H2,1-2H3,(H,22,23,24);5-7H,1-4H3. The second-order valence-corrected chi connectivity index (χ2v) is 8.33. The van der Waals surface area contributed by atoms with Crippen LogP contribution in [0.4, 0.5) is 10.2 Å². The Morgan fingerprint density at radius 3 is 2.03 bits per heavy atom. The Morgan fingerprint density at radius 2 is 1.48 bits per heavy atom. The van der Waals surface area contributed by atoms with Crippen LogP contribution >= 0.6 is 0 Å². The highest BCUT2D eigenvalue weighted by atomic mass is 19.1. The molecular weight excluding hydrogens is 389 g/mol. The molecule has 0 saturated carbocycles. The summed E-state index contributed by atoms with van der Waals surface area (Å²) in [5.41, 5.74) is 2.19. The minimum atomic E-state index is -0.221. The summed E-state index contributed by atoms with van der Waals surface area (Å²) in [6.45, 7) is 12.7. The highest BCUT2D eigenvalue weighted by Gasteiger charge is 2.12. The molecule has 0 saturated heterocycles. The zero-order valence-corrected chi connectivity index (χ0v) is 19.4. The molecule has 0 atom stereocenters. The SMILES string of the molecule is CC(C)NC(C)C.CC(C)Nc1nc(-c2ccccn2)ncc1Cc1ccccc1F. The molecule has 2 heterocycles. The Morgan fingerprint density at radius 1 is 0.806 bits per heavy atom. The van der Waals surface area contributed by atoms with Crippen LogP contribution in [0.3, 0.4) is 0 Å². The number of halogens is 1. The zero-order chi connectivity index (χ0) is 22.8. The first kappa shape index (κ1) is 24.4. The van der Waals surface area contributed by atoms with Gasteiger partial charge in [-0.05, 0) is 37.6 Å². The van der Waals surface area contributed by atoms with Gasteiger partial charge >= 0.3 is 0 Å². The fourth-order valence-electron chi connectivity index (χ4n) is 3.07. The van der Waals surface area contributed by atoms with Gasteiger partial charge in [0, 0.05) is 42.5 Å². The molecule has 6 heteroatoms. The van der Waals surface area contributed by atoms with E-state index in [0.29, 0.717) is 41.4 Å². The number of benzene rings is 1. The molecule has 2 N–H and O–H groups in total. The van der Waals surface area contributed by atoms with Crippen molar-refractivity contribution in [1.82, 2.24) is 20.3 Å². The van der Waals surface area contributed by atoms with Crippen LogP contribution in [0, 0.1) is 5.82 Å². The zero-order valence-electron chi connectivity index (χ0n) is 19.4. The van der Waals surface area contributed by atoms with Crippen LogP contribution in [0.25, 0.3) is 11.5 Å². The van der Waals surface area contributed by atoms with Crippen molar-refractivity contribution < 1.29 is 4.39 Å². The molecule has 0 aliphatic rings. The molecule has 0 aliphatic carbocycles. The van der Waals surface area contributed by atoms with Crippen LogP contribution in [0.5, 0.6) is 0 Å². The van der Waals surface area contributed by atoms with Gasteiger partial charge in [-0.1, -0.05) is 52.0 Å². The largest absolute Gasteiger partial charge is 0.368 e. The number of pyridine rings is 1. The number of nitrogens with one attached hydrogen (secondary N) is 2. The molecule has 2 aromatic heterocycles. The van der Waals surface area contributed by atoms with Crippen molar-refractivity contribution >= 4 is 5.82 Å². The van der Waals surface area contributed by atoms with Crippen molar-refractivity contribution in [3.63, 3.8) is 0 Å². The second kappa shape index (κ2) is 12.1. The molecule has 0 radical (unpaired) electrons. The summed E-state index contributed by atoms with van der Waals surface area (Å²) in [5, 5.41) is 6.63. The topological polar surface area (TPSA) is 62.7 Å². The molecule has 1 aromatic carbocycles. The first-order valence-electron chi connectivity index (χ1n) is 10.8. The van der Waals surface area contributed by atoms with Crippen LogP contribution in [0.2, 0.25) is 0 Å². The summed E-state index contributed by atoms with van der Waals surface area (Å²) in [4.78, 5) is 13.3. The monoisotopic (exact) mass is 423 g/mol. The van der Waals surface area contributed by atoms with Crippen LogP contribution in [-0.2, 0) is 6.42 Å². The van der Waals surface area contributed by atoms with E-state index in [1.807, 2.05) is 38.1 Å². The highest BCUT2D eigenvalue weighted by molar-refractivity contribution is 5.55. The average Bonchev–Trinajstić information content (AvgIpc) is 2.70. The first-order valence-corrected chi connectivity index (χ1v) is 10.8. The fourth-order valence-corrected chi connectivity index (χ4v) is 3.07. The first-order chi connectivity index (χ1) is 14.8. The van der Waals surface area contributed by atoms with Crippen molar-refractivity contribution in [3.8, 4) is 11.5 Å². The molecule has 166 valence electrons. The molecule has 0 unspecified atom stereocenters. The van der Waals surface area contributed by atoms with E-state index in [9.17, 15) is 4.39 Å². The van der Waals surface area contributed by atoms with E-state index in [2.05, 4.69) is 53.3 Å². The second-order valence-electron chi connectivity index (χ2n) is 8.33. The smallest absolute Gasteiger partial charge is 0.180 e. The maximum Gasteiger partial charge on any atom is 0.180 e. The number of nitrogens with zero attached hydrogens (tertiary/aromatic N) is 3. The van der Waals surface area contributed by atoms with Crippen molar-refractivity contribution in [2.75, 3.05) is 5.32 Å². The van der Waals surface area contributed by atoms with Crippen LogP contribution in [-0.4, -0.2) is 33.1 Å². The van der Waals surface area contributed by atoms with E-state index in [1.54, 1.807) is 24.5 Å². The van der Waals surface area contributed by atoms with Gasteiger partial charge in [0.15, 0.2) is 5.82 Å². The lowest BCUT2D eigenvalue weighted by Crippen LogP contribution is -2.29. The summed E-state index contributed by atoms with van der Waals surface area (Å²) in [5.74, 6) is 1.04. The van der Waals surface area contributed by atoms with E-state index < -0.39 is 0 Å². The van der Waals surface area contributed by atoms with E-state index >= 15 is 0 Å². The number of aromatic nitrogens is 3. The fraction of sp³-hybridized carbons (Fsp3) is 0.400. The third-order valence-corrected chi connectivity index (χ3v) is 4.19. The van der Waals surface area contributed by atoms with Crippen molar-refractivity contribution in [2.45, 2.75) is 66.1 Å². The Labute approximate surface area is 185 Å². The third kappa shape index (κ3) is 8.42. The molecule has 0 bridgehead atoms. The van der Waals surface area contributed by atoms with Gasteiger partial charge in [0.2, 0.25) is 0 Å². The maximum atomic E-state index is 13.9. The van der Waals surface area contributed by atoms with Crippen molar-refractivity contribution in [2.24, 2.45) is 0 Å². The molecule has 0 aliphatic heterocycles. The third-order valence-electron chi connectivity index (χ3n) is 4.19. The summed E-state index contributed by atoms with van der Waals surface area (Å²) in [6, 6.07) is 13.8. The van der Waals surface area contributed by atoms with Gasteiger partial charge in [0.25, 0.3) is 0 Å². The molecule has 5 nitrogen and oxygen atoms in total. The summed E-state index contributed by atoms with van der Waals surface area (Å²) in [7, 11) is 0. The van der Waals surface area contributed by atoms with Gasteiger partial charge < -0.3 is 10.6 Å². The predicted molar refractivity (Wildman–Crippen MR) is 127 cm³/mol. The average molecular weight is 424 g/mol. The summed E-state index contributed by atoms with van der Waals surface area (Å²) >= 11 is 0. The van der Waals surface area contributed by atoms with Gasteiger partial charge in [-0.2, -0.15) is 0 Å². The summed E-state index contributed by atoms with van der Waals surface area (Å²) < 4.78 is 13.9. The lowest BCUT2D eigenvalue weighted by Gasteiger charge is -2.15. The predicted octanol–water partition coefficient (Wildman–Crippen LogP) is 5.48. The van der Waals surface area contributed by atoms with Gasteiger partial charge in [-0.3, -0.25) is 4.98 Å². The van der Waals surface area contributed by atoms with E-state index in [0.717, 1.165) is 5.56 Å². The molecule has 0 fully saturated rings. The Bertz CT molecular complexity index is 920. The number of hydrogen-bond acceptors (Lipinski definition) is 5. The van der Waals surface area contributed by atoms with Gasteiger partial charge in [0.05, 0.1) is 0 Å². The molecule has 0 amide bonds. The van der Waals surface area contributed by atoms with Gasteiger partial charge in [0.1, 0.15) is 17.3 Å². The highest BCUT2D eigenvalue weighted by Crippen LogP contribution is 2.22. The molecule has 3 aromatic rings. The normalized spacial score (nSPS) is 10.9. The lowest BCUT2D eigenvalue weighted by molar-refractivity contribution is 0.518. The Hall–Kier alpha value is -2.86. The lowest BCUT2D eigenvalue weighted by atomic mass is 10.1. The van der Waals surface area contributed by atoms with Crippen molar-refractivity contribution in [3.05, 3.63) is 71.8 Å². The van der Waals surface area contributed by atoms with Crippen LogP contribution in [0.1, 0.15) is 52.7 Å². The number of hydrogen-bond donors (Lipinski definition) is 2. The molecule has 3 rings (SSSR count). The van der Waals surface area contributed by atoms with Crippen LogP contribution < -0.4 is 10.6 Å². The summed E-state index contributed by atoms with van der Waals surface area (Å²) in [6.07, 6.45) is 3.89. The van der Waals surface area contributed by atoms with Crippen molar-refractivity contribution in [1.29, 1.82) is 0 Å². The Kier molecular flexibility index (Phi) is 9.53. The van der Waals surface area contributed by atoms with Gasteiger partial charge in [-0.15, -0.1) is 0 Å². The molecule has 31 heavy (non-hydrogen) atoms. The number of anilines is 1. The van der Waals surface area contributed by atoms with E-state index in [1.165, 1.54) is 6.07 Å². The maximum absolute atomic E-state index is 13.9. The minimum absolute atomic E-state index is 0.204. The quantitative estimate of drug-likeness (QED) is 0.527. The number of rotatable bonds is 7. The molecule has 0 spiro atoms. The Balaban J connectivity index is 0.000000423. The van der Waals surface area contributed by atoms with E-state index in [4.69, 9.17) is 0 Å². The van der Waals surface area contributed by atoms with Crippen LogP contribution in [0.15, 0.2) is 54.9 Å². The van der Waals surface area contributed by atoms with Gasteiger partial charge in [-0.25, -0.2) is 14.4 Å². The molecular formula is C25H34FN5. The van der Waals surface area contributed by atoms with E-state index in [-0.39, 0.29) is 11.9 Å². The minimum Gasteiger partial charge on any atom is -0.368 e.